The molecule has 0 radical (unpaired) electrons. The molecule has 1 aromatic rings. The van der Waals surface area contributed by atoms with E-state index >= 15 is 0 Å². The minimum atomic E-state index is -4.26. The van der Waals surface area contributed by atoms with E-state index in [1.165, 1.54) is 24.3 Å². The summed E-state index contributed by atoms with van der Waals surface area (Å²) >= 11 is 0. The summed E-state index contributed by atoms with van der Waals surface area (Å²) in [5.74, 6) is -1.78. The number of hydrogen-bond acceptors (Lipinski definition) is 7. The number of likely N-dealkylation sites (tertiary alicyclic amines) is 1. The monoisotopic (exact) mass is 524 g/mol. The molecule has 3 atom stereocenters. The number of rotatable bonds is 12. The van der Waals surface area contributed by atoms with Crippen molar-refractivity contribution in [1.82, 2.24) is 20.3 Å². The second kappa shape index (κ2) is 12.6. The summed E-state index contributed by atoms with van der Waals surface area (Å²) in [6, 6.07) is 7.47. The predicted molar refractivity (Wildman–Crippen MR) is 131 cm³/mol. The Morgan fingerprint density at radius 2 is 1.94 bits per heavy atom. The summed E-state index contributed by atoms with van der Waals surface area (Å²) in [4.78, 5) is 38.6. The highest BCUT2D eigenvalue weighted by Gasteiger charge is 2.53. The lowest BCUT2D eigenvalue weighted by molar-refractivity contribution is -0.159. The summed E-state index contributed by atoms with van der Waals surface area (Å²) in [5, 5.41) is 15.7. The molecule has 2 fully saturated rings. The molecular formula is C24H36N4O7S. The molecule has 4 N–H and O–H groups in total. The van der Waals surface area contributed by atoms with Crippen LogP contribution in [0.2, 0.25) is 0 Å². The third-order valence-corrected chi connectivity index (χ3v) is 8.67. The summed E-state index contributed by atoms with van der Waals surface area (Å²) in [5.41, 5.74) is -2.02. The van der Waals surface area contributed by atoms with Gasteiger partial charge >= 0.3 is 5.97 Å². The number of hydrogen-bond donors (Lipinski definition) is 4. The van der Waals surface area contributed by atoms with E-state index in [0.717, 1.165) is 39.5 Å². The SMILES string of the molecule is CO[C@H](C(=O)O)C(NC=O)(NS(=O)(=O)c1ccccc1)C1CCCN(C(=O)CCC2CCNCC2)C1. The van der Waals surface area contributed by atoms with Gasteiger partial charge in [-0.15, -0.1) is 0 Å². The molecule has 2 saturated heterocycles. The first kappa shape index (κ1) is 28.0. The van der Waals surface area contributed by atoms with Crippen LogP contribution >= 0.6 is 0 Å². The topological polar surface area (TPSA) is 154 Å². The molecule has 0 bridgehead atoms. The summed E-state index contributed by atoms with van der Waals surface area (Å²) < 4.78 is 34.3. The van der Waals surface area contributed by atoms with Gasteiger partial charge in [0.25, 0.3) is 0 Å². The van der Waals surface area contributed by atoms with Crippen LogP contribution in [0.1, 0.15) is 38.5 Å². The molecule has 0 saturated carbocycles. The lowest BCUT2D eigenvalue weighted by Crippen LogP contribution is -2.73. The molecule has 2 unspecified atom stereocenters. The fraction of sp³-hybridized carbons (Fsp3) is 0.625. The first-order valence-corrected chi connectivity index (χ1v) is 13.8. The Morgan fingerprint density at radius 1 is 1.25 bits per heavy atom. The number of sulfonamides is 1. The Morgan fingerprint density at radius 3 is 2.56 bits per heavy atom. The number of ether oxygens (including phenoxy) is 1. The molecule has 200 valence electrons. The van der Waals surface area contributed by atoms with Crippen LogP contribution in [-0.4, -0.2) is 81.8 Å². The maximum atomic E-state index is 13.3. The van der Waals surface area contributed by atoms with Gasteiger partial charge in [-0.25, -0.2) is 13.2 Å². The average molecular weight is 525 g/mol. The van der Waals surface area contributed by atoms with Gasteiger partial charge in [0.05, 0.1) is 4.90 Å². The molecular weight excluding hydrogens is 488 g/mol. The van der Waals surface area contributed by atoms with Gasteiger partial charge in [-0.2, -0.15) is 4.72 Å². The maximum Gasteiger partial charge on any atom is 0.336 e. The van der Waals surface area contributed by atoms with Gasteiger partial charge in [-0.1, -0.05) is 18.2 Å². The number of nitrogens with one attached hydrogen (secondary N) is 3. The second-order valence-electron chi connectivity index (χ2n) is 9.41. The van der Waals surface area contributed by atoms with Gasteiger partial charge in [0, 0.05) is 32.5 Å². The van der Waals surface area contributed by atoms with Crippen molar-refractivity contribution < 1.29 is 32.6 Å². The van der Waals surface area contributed by atoms with Crippen LogP contribution in [-0.2, 0) is 29.1 Å². The number of carbonyl (C=O) groups is 3. The Balaban J connectivity index is 1.87. The first-order valence-electron chi connectivity index (χ1n) is 12.3. The standard InChI is InChI=1S/C24H36N4O7S/c1-35-22(23(31)32)24(26-17-29,27-36(33,34)20-7-3-2-4-8-20)19-6-5-15-28(16-19)21(30)10-9-18-11-13-25-14-12-18/h2-4,7-8,17-19,22,25,27H,5-6,9-16H2,1H3,(H,26,29)(H,31,32)/t19?,22-,24?/m1/s1. The normalized spacial score (nSPS) is 21.8. The molecule has 36 heavy (non-hydrogen) atoms. The molecule has 12 heteroatoms. The molecule has 2 aliphatic heterocycles. The number of carboxylic acid groups (broad SMARTS) is 1. The van der Waals surface area contributed by atoms with Gasteiger partial charge in [0.1, 0.15) is 5.66 Å². The summed E-state index contributed by atoms with van der Waals surface area (Å²) in [6.07, 6.45) is 2.62. The highest BCUT2D eigenvalue weighted by Crippen LogP contribution is 2.32. The quantitative estimate of drug-likeness (QED) is 0.228. The number of amides is 2. The third-order valence-electron chi connectivity index (χ3n) is 7.17. The fourth-order valence-corrected chi connectivity index (χ4v) is 6.68. The smallest absolute Gasteiger partial charge is 0.336 e. The van der Waals surface area contributed by atoms with E-state index in [-0.39, 0.29) is 23.8 Å². The highest BCUT2D eigenvalue weighted by molar-refractivity contribution is 7.89. The fourth-order valence-electron chi connectivity index (χ4n) is 5.27. The largest absolute Gasteiger partial charge is 0.479 e. The van der Waals surface area contributed by atoms with E-state index in [4.69, 9.17) is 4.74 Å². The minimum absolute atomic E-state index is 0.0616. The van der Waals surface area contributed by atoms with Crippen LogP contribution in [0.5, 0.6) is 0 Å². The maximum absolute atomic E-state index is 13.3. The molecule has 11 nitrogen and oxygen atoms in total. The molecule has 1 aromatic carbocycles. The van der Waals surface area contributed by atoms with Crippen molar-refractivity contribution in [3.05, 3.63) is 30.3 Å². The number of benzene rings is 1. The zero-order valence-electron chi connectivity index (χ0n) is 20.5. The van der Waals surface area contributed by atoms with Gasteiger partial charge in [-0.3, -0.25) is 9.59 Å². The Hall–Kier alpha value is -2.54. The second-order valence-corrected chi connectivity index (χ2v) is 11.1. The number of carboxylic acids is 1. The van der Waals surface area contributed by atoms with Crippen LogP contribution in [0, 0.1) is 11.8 Å². The summed E-state index contributed by atoms with van der Waals surface area (Å²) in [7, 11) is -3.12. The number of carbonyl (C=O) groups excluding carboxylic acids is 2. The molecule has 0 aliphatic carbocycles. The van der Waals surface area contributed by atoms with E-state index in [0.29, 0.717) is 31.7 Å². The summed E-state index contributed by atoms with van der Waals surface area (Å²) in [6.45, 7) is 2.45. The minimum Gasteiger partial charge on any atom is -0.479 e. The molecule has 2 heterocycles. The van der Waals surface area contributed by atoms with Crippen LogP contribution in [0.3, 0.4) is 0 Å². The van der Waals surface area contributed by atoms with Crippen LogP contribution in [0.15, 0.2) is 35.2 Å². The highest BCUT2D eigenvalue weighted by atomic mass is 32.2. The van der Waals surface area contributed by atoms with Gasteiger partial charge in [0.15, 0.2) is 6.10 Å². The van der Waals surface area contributed by atoms with Crippen molar-refractivity contribution in [1.29, 1.82) is 0 Å². The van der Waals surface area contributed by atoms with Gasteiger partial charge in [0.2, 0.25) is 22.3 Å². The van der Waals surface area contributed by atoms with Crippen LogP contribution in [0.4, 0.5) is 0 Å². The molecule has 3 rings (SSSR count). The van der Waals surface area contributed by atoms with Crippen molar-refractivity contribution >= 4 is 28.3 Å². The Kier molecular flexibility index (Phi) is 9.83. The predicted octanol–water partition coefficient (Wildman–Crippen LogP) is 0.525. The van der Waals surface area contributed by atoms with Crippen molar-refractivity contribution in [3.63, 3.8) is 0 Å². The van der Waals surface area contributed by atoms with Crippen molar-refractivity contribution in [2.24, 2.45) is 11.8 Å². The van der Waals surface area contributed by atoms with E-state index < -0.39 is 33.7 Å². The van der Waals surface area contributed by atoms with Crippen molar-refractivity contribution in [2.75, 3.05) is 33.3 Å². The molecule has 2 aliphatic rings. The average Bonchev–Trinajstić information content (AvgIpc) is 2.88. The lowest BCUT2D eigenvalue weighted by Gasteiger charge is -2.47. The van der Waals surface area contributed by atoms with E-state index in [1.54, 1.807) is 11.0 Å². The first-order chi connectivity index (χ1) is 17.2. The van der Waals surface area contributed by atoms with E-state index in [2.05, 4.69) is 15.4 Å². The number of methoxy groups -OCH3 is 1. The lowest BCUT2D eigenvalue weighted by atomic mass is 9.81. The van der Waals surface area contributed by atoms with Crippen LogP contribution in [0.25, 0.3) is 0 Å². The Labute approximate surface area is 212 Å². The molecule has 0 spiro atoms. The Bertz CT molecular complexity index is 1000. The van der Waals surface area contributed by atoms with Crippen molar-refractivity contribution in [3.8, 4) is 0 Å². The van der Waals surface area contributed by atoms with E-state index in [1.807, 2.05) is 0 Å². The zero-order chi connectivity index (χ0) is 26.2. The van der Waals surface area contributed by atoms with Gasteiger partial charge < -0.3 is 25.4 Å². The van der Waals surface area contributed by atoms with Crippen LogP contribution < -0.4 is 15.4 Å². The number of aliphatic carboxylic acids is 1. The zero-order valence-corrected chi connectivity index (χ0v) is 21.3. The third kappa shape index (κ3) is 6.61. The van der Waals surface area contributed by atoms with Crippen molar-refractivity contribution in [2.45, 2.75) is 55.2 Å². The van der Waals surface area contributed by atoms with Gasteiger partial charge in [-0.05, 0) is 63.2 Å². The molecule has 0 aromatic heterocycles. The number of nitrogens with zero attached hydrogens (tertiary/aromatic N) is 1. The molecule has 2 amide bonds. The van der Waals surface area contributed by atoms with E-state index in [9.17, 15) is 27.9 Å². The number of piperidine rings is 2.